The average Bonchev–Trinajstić information content (AvgIpc) is 2.77. The number of halogens is 4. The molecule has 19 heavy (non-hydrogen) atoms. The molecular weight excluding hydrogens is 285 g/mol. The van der Waals surface area contributed by atoms with Crippen LogP contribution in [0.3, 0.4) is 0 Å². The lowest BCUT2D eigenvalue weighted by Gasteiger charge is -2.09. The summed E-state index contributed by atoms with van der Waals surface area (Å²) in [6.45, 7) is 0. The number of aliphatic carboxylic acids is 1. The lowest BCUT2D eigenvalue weighted by Crippen LogP contribution is -2.13. The third-order valence-corrected chi connectivity index (χ3v) is 3.01. The molecule has 1 atom stereocenters. The lowest BCUT2D eigenvalue weighted by molar-refractivity contribution is -0.141. The molecule has 0 bridgehead atoms. The summed E-state index contributed by atoms with van der Waals surface area (Å²) in [7, 11) is 0. The van der Waals surface area contributed by atoms with Gasteiger partial charge < -0.3 is 5.11 Å². The molecule has 1 aromatic heterocycles. The standard InChI is InChI=1S/C11H8ClF3N2O2/c12-6-4-16-9(11(13,14)15)3-5(6)7-1-2-8(17-7)10(18)19/h3-4,8H,1-2H2,(H,18,19). The molecule has 8 heteroatoms. The van der Waals surface area contributed by atoms with E-state index in [1.165, 1.54) is 0 Å². The molecule has 0 aliphatic carbocycles. The van der Waals surface area contributed by atoms with Crippen LogP contribution in [0.1, 0.15) is 24.1 Å². The van der Waals surface area contributed by atoms with E-state index in [9.17, 15) is 18.0 Å². The largest absolute Gasteiger partial charge is 0.480 e. The molecule has 4 nitrogen and oxygen atoms in total. The van der Waals surface area contributed by atoms with E-state index >= 15 is 0 Å². The Balaban J connectivity index is 2.40. The van der Waals surface area contributed by atoms with Gasteiger partial charge in [0.1, 0.15) is 11.7 Å². The van der Waals surface area contributed by atoms with Crippen molar-refractivity contribution < 1.29 is 23.1 Å². The Hall–Kier alpha value is -1.63. The molecule has 0 fully saturated rings. The fourth-order valence-electron chi connectivity index (χ4n) is 1.79. The van der Waals surface area contributed by atoms with Crippen molar-refractivity contribution in [3.8, 4) is 0 Å². The number of carboxylic acids is 1. The predicted molar refractivity (Wildman–Crippen MR) is 61.4 cm³/mol. The van der Waals surface area contributed by atoms with Crippen LogP contribution in [0.2, 0.25) is 5.02 Å². The van der Waals surface area contributed by atoms with Crippen LogP contribution in [-0.4, -0.2) is 27.8 Å². The van der Waals surface area contributed by atoms with E-state index in [1.807, 2.05) is 0 Å². The lowest BCUT2D eigenvalue weighted by atomic mass is 10.1. The van der Waals surface area contributed by atoms with E-state index in [4.69, 9.17) is 16.7 Å². The molecule has 0 aromatic carbocycles. The maximum atomic E-state index is 12.6. The molecule has 2 heterocycles. The molecule has 2 rings (SSSR count). The van der Waals surface area contributed by atoms with Crippen LogP contribution in [-0.2, 0) is 11.0 Å². The van der Waals surface area contributed by atoms with Gasteiger partial charge in [-0.3, -0.25) is 9.98 Å². The maximum Gasteiger partial charge on any atom is 0.433 e. The molecule has 0 saturated carbocycles. The minimum Gasteiger partial charge on any atom is -0.480 e. The second kappa shape index (κ2) is 4.80. The van der Waals surface area contributed by atoms with Crippen molar-refractivity contribution in [3.05, 3.63) is 28.5 Å². The van der Waals surface area contributed by atoms with Gasteiger partial charge >= 0.3 is 12.1 Å². The highest BCUT2D eigenvalue weighted by Crippen LogP contribution is 2.31. The fourth-order valence-corrected chi connectivity index (χ4v) is 2.00. The normalized spacial score (nSPS) is 19.4. The van der Waals surface area contributed by atoms with Crippen molar-refractivity contribution in [2.45, 2.75) is 25.1 Å². The van der Waals surface area contributed by atoms with Crippen molar-refractivity contribution in [3.63, 3.8) is 0 Å². The number of carboxylic acid groups (broad SMARTS) is 1. The molecular formula is C11H8ClF3N2O2. The fraction of sp³-hybridized carbons (Fsp3) is 0.364. The number of hydrogen-bond donors (Lipinski definition) is 1. The Morgan fingerprint density at radius 3 is 2.68 bits per heavy atom. The Kier molecular flexibility index (Phi) is 3.49. The molecule has 1 unspecified atom stereocenters. The number of pyridine rings is 1. The van der Waals surface area contributed by atoms with Crippen molar-refractivity contribution in [2.75, 3.05) is 0 Å². The highest BCUT2D eigenvalue weighted by Gasteiger charge is 2.34. The van der Waals surface area contributed by atoms with Crippen LogP contribution in [0.15, 0.2) is 17.3 Å². The topological polar surface area (TPSA) is 62.5 Å². The summed E-state index contributed by atoms with van der Waals surface area (Å²) in [5, 5.41) is 8.82. The molecule has 102 valence electrons. The first-order valence-corrected chi connectivity index (χ1v) is 5.69. The summed E-state index contributed by atoms with van der Waals surface area (Å²) in [6, 6.07) is -0.126. The van der Waals surface area contributed by atoms with Crippen molar-refractivity contribution >= 4 is 23.3 Å². The van der Waals surface area contributed by atoms with Gasteiger partial charge in [0.15, 0.2) is 0 Å². The first kappa shape index (κ1) is 13.8. The number of aliphatic imine (C=N–C) groups is 1. The summed E-state index contributed by atoms with van der Waals surface area (Å²) < 4.78 is 37.7. The predicted octanol–water partition coefficient (Wildman–Crippen LogP) is 2.79. The summed E-state index contributed by atoms with van der Waals surface area (Å²) >= 11 is 5.80. The summed E-state index contributed by atoms with van der Waals surface area (Å²) in [6.07, 6.45) is -3.15. The second-order valence-corrected chi connectivity index (χ2v) is 4.42. The number of carbonyl (C=O) groups is 1. The summed E-state index contributed by atoms with van der Waals surface area (Å²) in [5.41, 5.74) is -0.716. The Bertz CT molecular complexity index is 557. The van der Waals surface area contributed by atoms with Crippen molar-refractivity contribution in [1.29, 1.82) is 0 Å². The monoisotopic (exact) mass is 292 g/mol. The zero-order chi connectivity index (χ0) is 14.2. The van der Waals surface area contributed by atoms with Gasteiger partial charge in [0.25, 0.3) is 0 Å². The van der Waals surface area contributed by atoms with E-state index in [2.05, 4.69) is 9.98 Å². The van der Waals surface area contributed by atoms with Gasteiger partial charge in [0.2, 0.25) is 0 Å². The highest BCUT2D eigenvalue weighted by atomic mass is 35.5. The number of aromatic nitrogens is 1. The average molecular weight is 293 g/mol. The van der Waals surface area contributed by atoms with Gasteiger partial charge in [0, 0.05) is 17.5 Å². The first-order valence-electron chi connectivity index (χ1n) is 5.31. The number of alkyl halides is 3. The van der Waals surface area contributed by atoms with Gasteiger partial charge in [0.05, 0.1) is 5.02 Å². The van der Waals surface area contributed by atoms with Crippen molar-refractivity contribution in [1.82, 2.24) is 4.98 Å². The molecule has 0 spiro atoms. The summed E-state index contributed by atoms with van der Waals surface area (Å²) in [5.74, 6) is -1.10. The zero-order valence-corrected chi connectivity index (χ0v) is 10.2. The van der Waals surface area contributed by atoms with E-state index in [0.717, 1.165) is 12.3 Å². The molecule has 1 aliphatic rings. The van der Waals surface area contributed by atoms with Crippen LogP contribution < -0.4 is 0 Å². The van der Waals surface area contributed by atoms with E-state index < -0.39 is 23.9 Å². The highest BCUT2D eigenvalue weighted by molar-refractivity contribution is 6.34. The van der Waals surface area contributed by atoms with Crippen LogP contribution in [0.25, 0.3) is 0 Å². The minimum atomic E-state index is -4.58. The third kappa shape index (κ3) is 2.86. The molecule has 1 N–H and O–H groups in total. The van der Waals surface area contributed by atoms with Gasteiger partial charge in [-0.05, 0) is 18.9 Å². The van der Waals surface area contributed by atoms with Crippen LogP contribution in [0.4, 0.5) is 13.2 Å². The third-order valence-electron chi connectivity index (χ3n) is 2.71. The van der Waals surface area contributed by atoms with Gasteiger partial charge in [-0.15, -0.1) is 0 Å². The maximum absolute atomic E-state index is 12.6. The summed E-state index contributed by atoms with van der Waals surface area (Å²) in [4.78, 5) is 17.8. The van der Waals surface area contributed by atoms with Gasteiger partial charge in [-0.25, -0.2) is 4.79 Å². The second-order valence-electron chi connectivity index (χ2n) is 4.02. The van der Waals surface area contributed by atoms with E-state index in [0.29, 0.717) is 0 Å². The molecule has 0 radical (unpaired) electrons. The van der Waals surface area contributed by atoms with Crippen LogP contribution in [0.5, 0.6) is 0 Å². The Morgan fingerprint density at radius 2 is 2.16 bits per heavy atom. The first-order chi connectivity index (χ1) is 8.79. The molecule has 0 saturated heterocycles. The van der Waals surface area contributed by atoms with Crippen LogP contribution in [0, 0.1) is 0 Å². The number of hydrogen-bond acceptors (Lipinski definition) is 3. The number of rotatable bonds is 2. The Labute approximate surface area is 110 Å². The quantitative estimate of drug-likeness (QED) is 0.911. The van der Waals surface area contributed by atoms with Gasteiger partial charge in [-0.2, -0.15) is 13.2 Å². The van der Waals surface area contributed by atoms with E-state index in [-0.39, 0.29) is 29.1 Å². The smallest absolute Gasteiger partial charge is 0.433 e. The zero-order valence-electron chi connectivity index (χ0n) is 9.41. The molecule has 1 aromatic rings. The Morgan fingerprint density at radius 1 is 1.47 bits per heavy atom. The van der Waals surface area contributed by atoms with Crippen LogP contribution >= 0.6 is 11.6 Å². The van der Waals surface area contributed by atoms with E-state index in [1.54, 1.807) is 0 Å². The minimum absolute atomic E-state index is 0.0257. The number of nitrogens with zero attached hydrogens (tertiary/aromatic N) is 2. The molecule has 1 aliphatic heterocycles. The van der Waals surface area contributed by atoms with Gasteiger partial charge in [-0.1, -0.05) is 11.6 Å². The molecule has 0 amide bonds. The van der Waals surface area contributed by atoms with Crippen molar-refractivity contribution in [2.24, 2.45) is 4.99 Å². The SMILES string of the molecule is O=C(O)C1CCC(c2cc(C(F)(F)F)ncc2Cl)=N1.